The van der Waals surface area contributed by atoms with Crippen LogP contribution in [0.3, 0.4) is 0 Å². The molecule has 1 aliphatic rings. The van der Waals surface area contributed by atoms with E-state index in [0.717, 1.165) is 12.1 Å². The molecule has 0 amide bonds. The van der Waals surface area contributed by atoms with E-state index in [0.29, 0.717) is 18.7 Å². The third-order valence-electron chi connectivity index (χ3n) is 2.17. The number of para-hydroxylation sites is 1. The first-order valence-corrected chi connectivity index (χ1v) is 4.20. The van der Waals surface area contributed by atoms with Gasteiger partial charge in [0.15, 0.2) is 5.78 Å². The fourth-order valence-corrected chi connectivity index (χ4v) is 1.47. The fourth-order valence-electron chi connectivity index (χ4n) is 1.47. The van der Waals surface area contributed by atoms with Crippen LogP contribution in [-0.4, -0.2) is 12.3 Å². The van der Waals surface area contributed by atoms with Crippen LogP contribution in [-0.2, 0) is 11.2 Å². The van der Waals surface area contributed by atoms with Crippen molar-refractivity contribution in [2.24, 2.45) is 0 Å². The van der Waals surface area contributed by atoms with Crippen molar-refractivity contribution in [3.63, 3.8) is 0 Å². The summed E-state index contributed by atoms with van der Waals surface area (Å²) in [6, 6.07) is 8.09. The maximum atomic E-state index is 11.1. The number of hydrogen-bond acceptors (Lipinski definition) is 2. The molecule has 1 N–H and O–H groups in total. The Bertz CT molecular complexity index is 283. The van der Waals surface area contributed by atoms with Crippen LogP contribution in [0.15, 0.2) is 24.3 Å². The van der Waals surface area contributed by atoms with Crippen LogP contribution in [0.4, 0.5) is 5.69 Å². The molecule has 1 heterocycles. The third-order valence-corrected chi connectivity index (χ3v) is 2.17. The standard InChI is InChI=1S/C10H11NO.ClH/c12-9-6-5-8-3-1-2-4-10(8)11-7-9;/h1-4,11H,5-7H2;1H. The maximum absolute atomic E-state index is 11.1. The quantitative estimate of drug-likeness (QED) is 0.690. The fraction of sp³-hybridized carbons (Fsp3) is 0.300. The molecule has 1 aliphatic heterocycles. The lowest BCUT2D eigenvalue weighted by Gasteiger charge is -2.04. The predicted molar refractivity (Wildman–Crippen MR) is 55.5 cm³/mol. The molecule has 0 bridgehead atoms. The third kappa shape index (κ3) is 2.22. The summed E-state index contributed by atoms with van der Waals surface area (Å²) in [6.07, 6.45) is 1.55. The first-order valence-electron chi connectivity index (χ1n) is 4.20. The minimum absolute atomic E-state index is 0. The van der Waals surface area contributed by atoms with Crippen molar-refractivity contribution in [3.05, 3.63) is 29.8 Å². The minimum Gasteiger partial charge on any atom is -0.378 e. The Morgan fingerprint density at radius 3 is 2.77 bits per heavy atom. The van der Waals surface area contributed by atoms with Gasteiger partial charge in [-0.3, -0.25) is 4.79 Å². The zero-order valence-corrected chi connectivity index (χ0v) is 8.06. The molecular weight excluding hydrogens is 186 g/mol. The van der Waals surface area contributed by atoms with Crippen LogP contribution >= 0.6 is 12.4 Å². The second-order valence-electron chi connectivity index (χ2n) is 3.05. The Morgan fingerprint density at radius 1 is 1.15 bits per heavy atom. The van der Waals surface area contributed by atoms with Crippen LogP contribution in [0.5, 0.6) is 0 Å². The molecule has 2 rings (SSSR count). The summed E-state index contributed by atoms with van der Waals surface area (Å²) in [5, 5.41) is 3.13. The van der Waals surface area contributed by atoms with Gasteiger partial charge in [-0.05, 0) is 18.1 Å². The van der Waals surface area contributed by atoms with E-state index in [9.17, 15) is 4.79 Å². The number of aryl methyl sites for hydroxylation is 1. The van der Waals surface area contributed by atoms with Gasteiger partial charge in [-0.1, -0.05) is 18.2 Å². The minimum atomic E-state index is 0. The number of nitrogens with one attached hydrogen (secondary N) is 1. The first-order chi connectivity index (χ1) is 5.86. The molecule has 13 heavy (non-hydrogen) atoms. The SMILES string of the molecule is Cl.O=C1CCc2ccccc2NC1. The van der Waals surface area contributed by atoms with E-state index in [1.165, 1.54) is 5.56 Å². The first kappa shape index (κ1) is 10.1. The van der Waals surface area contributed by atoms with Crippen LogP contribution in [0.1, 0.15) is 12.0 Å². The number of fused-ring (bicyclic) bond motifs is 1. The van der Waals surface area contributed by atoms with Gasteiger partial charge >= 0.3 is 0 Å². The zero-order chi connectivity index (χ0) is 8.39. The highest BCUT2D eigenvalue weighted by molar-refractivity contribution is 5.85. The van der Waals surface area contributed by atoms with E-state index in [-0.39, 0.29) is 12.4 Å². The molecule has 0 aliphatic carbocycles. The number of carbonyl (C=O) groups excluding carboxylic acids is 1. The van der Waals surface area contributed by atoms with E-state index in [1.807, 2.05) is 18.2 Å². The van der Waals surface area contributed by atoms with Gasteiger partial charge in [0.05, 0.1) is 6.54 Å². The van der Waals surface area contributed by atoms with Gasteiger partial charge in [0.2, 0.25) is 0 Å². The lowest BCUT2D eigenvalue weighted by molar-refractivity contribution is -0.117. The molecule has 70 valence electrons. The number of Topliss-reactive ketones (excluding diaryl/α,β-unsaturated/α-hetero) is 1. The Hall–Kier alpha value is -1.02. The Balaban J connectivity index is 0.000000845. The topological polar surface area (TPSA) is 29.1 Å². The predicted octanol–water partition coefficient (Wildman–Crippen LogP) is 2.04. The largest absolute Gasteiger partial charge is 0.378 e. The highest BCUT2D eigenvalue weighted by Gasteiger charge is 2.10. The summed E-state index contributed by atoms with van der Waals surface area (Å²) in [5.74, 6) is 0.297. The van der Waals surface area contributed by atoms with Crippen LogP contribution in [0.25, 0.3) is 0 Å². The molecule has 2 nitrogen and oxygen atoms in total. The maximum Gasteiger partial charge on any atom is 0.152 e. The smallest absolute Gasteiger partial charge is 0.152 e. The molecule has 1 aromatic rings. The van der Waals surface area contributed by atoms with Gasteiger partial charge in [0.1, 0.15) is 0 Å². The van der Waals surface area contributed by atoms with Gasteiger partial charge in [0.25, 0.3) is 0 Å². The van der Waals surface area contributed by atoms with Gasteiger partial charge in [-0.25, -0.2) is 0 Å². The van der Waals surface area contributed by atoms with Crippen molar-refractivity contribution in [1.82, 2.24) is 0 Å². The van der Waals surface area contributed by atoms with Crippen molar-refractivity contribution in [1.29, 1.82) is 0 Å². The molecule has 1 aromatic carbocycles. The Morgan fingerprint density at radius 2 is 1.92 bits per heavy atom. The van der Waals surface area contributed by atoms with Crippen molar-refractivity contribution in [2.45, 2.75) is 12.8 Å². The molecule has 0 saturated carbocycles. The number of ketones is 1. The highest BCUT2D eigenvalue weighted by Crippen LogP contribution is 2.19. The lowest BCUT2D eigenvalue weighted by atomic mass is 10.1. The summed E-state index contributed by atoms with van der Waals surface area (Å²) < 4.78 is 0. The average Bonchev–Trinajstić information content (AvgIpc) is 2.29. The van der Waals surface area contributed by atoms with Crippen molar-refractivity contribution < 1.29 is 4.79 Å². The molecule has 0 fully saturated rings. The summed E-state index contributed by atoms with van der Waals surface area (Å²) in [4.78, 5) is 11.1. The van der Waals surface area contributed by atoms with Crippen molar-refractivity contribution >= 4 is 23.9 Å². The van der Waals surface area contributed by atoms with E-state index in [2.05, 4.69) is 11.4 Å². The van der Waals surface area contributed by atoms with Crippen LogP contribution in [0.2, 0.25) is 0 Å². The van der Waals surface area contributed by atoms with Crippen LogP contribution < -0.4 is 5.32 Å². The summed E-state index contributed by atoms with van der Waals surface area (Å²) in [6.45, 7) is 0.483. The number of hydrogen-bond donors (Lipinski definition) is 1. The van der Waals surface area contributed by atoms with E-state index < -0.39 is 0 Å². The summed E-state index contributed by atoms with van der Waals surface area (Å²) in [7, 11) is 0. The van der Waals surface area contributed by atoms with Gasteiger partial charge in [-0.2, -0.15) is 0 Å². The molecular formula is C10H12ClNO. The van der Waals surface area contributed by atoms with E-state index in [4.69, 9.17) is 0 Å². The number of rotatable bonds is 0. The highest BCUT2D eigenvalue weighted by atomic mass is 35.5. The number of carbonyl (C=O) groups is 1. The molecule has 0 unspecified atom stereocenters. The molecule has 0 atom stereocenters. The van der Waals surface area contributed by atoms with Gasteiger partial charge < -0.3 is 5.32 Å². The van der Waals surface area contributed by atoms with Gasteiger partial charge in [-0.15, -0.1) is 12.4 Å². The van der Waals surface area contributed by atoms with Crippen molar-refractivity contribution in [3.8, 4) is 0 Å². The number of anilines is 1. The van der Waals surface area contributed by atoms with Gasteiger partial charge in [0, 0.05) is 12.1 Å². The van der Waals surface area contributed by atoms with E-state index >= 15 is 0 Å². The van der Waals surface area contributed by atoms with E-state index in [1.54, 1.807) is 0 Å². The summed E-state index contributed by atoms with van der Waals surface area (Å²) >= 11 is 0. The zero-order valence-electron chi connectivity index (χ0n) is 7.25. The molecule has 0 radical (unpaired) electrons. The summed E-state index contributed by atoms with van der Waals surface area (Å²) in [5.41, 5.74) is 2.37. The monoisotopic (exact) mass is 197 g/mol. The average molecular weight is 198 g/mol. The second kappa shape index (κ2) is 4.28. The van der Waals surface area contributed by atoms with Crippen LogP contribution in [0, 0.1) is 0 Å². The normalized spacial score (nSPS) is 14.9. The Labute approximate surface area is 83.7 Å². The second-order valence-corrected chi connectivity index (χ2v) is 3.05. The number of benzene rings is 1. The Kier molecular flexibility index (Phi) is 3.32. The molecule has 0 saturated heterocycles. The molecule has 3 heteroatoms. The number of halogens is 1. The molecule has 0 aromatic heterocycles. The molecule has 0 spiro atoms. The lowest BCUT2D eigenvalue weighted by Crippen LogP contribution is -2.10. The van der Waals surface area contributed by atoms with Crippen molar-refractivity contribution in [2.75, 3.05) is 11.9 Å².